The number of nitrogens with one attached hydrogen (secondary N) is 1. The lowest BCUT2D eigenvalue weighted by Crippen LogP contribution is -2.38. The Morgan fingerprint density at radius 3 is 2.57 bits per heavy atom. The van der Waals surface area contributed by atoms with E-state index in [2.05, 4.69) is 48.3 Å². The van der Waals surface area contributed by atoms with Crippen molar-refractivity contribution < 1.29 is 13.2 Å². The van der Waals surface area contributed by atoms with E-state index >= 15 is 0 Å². The molecule has 1 saturated heterocycles. The number of piperidine rings is 1. The van der Waals surface area contributed by atoms with Gasteiger partial charge < -0.3 is 10.7 Å². The lowest BCUT2D eigenvalue weighted by Gasteiger charge is -2.31. The van der Waals surface area contributed by atoms with Crippen molar-refractivity contribution in [1.82, 2.24) is 14.2 Å². The van der Waals surface area contributed by atoms with E-state index in [1.807, 2.05) is 12.3 Å². The summed E-state index contributed by atoms with van der Waals surface area (Å²) in [5.41, 5.74) is 10.2. The summed E-state index contributed by atoms with van der Waals surface area (Å²) in [7, 11) is -1.02. The van der Waals surface area contributed by atoms with Gasteiger partial charge in [0.05, 0.1) is 16.8 Å². The van der Waals surface area contributed by atoms with Crippen molar-refractivity contribution in [3.63, 3.8) is 0 Å². The zero-order valence-electron chi connectivity index (χ0n) is 21.0. The predicted octanol–water partition coefficient (Wildman–Crippen LogP) is 4.75. The largest absolute Gasteiger partial charge is 0.366 e. The van der Waals surface area contributed by atoms with Gasteiger partial charge in [0.15, 0.2) is 0 Å². The third-order valence-corrected chi connectivity index (χ3v) is 10.3. The number of amides is 1. The minimum Gasteiger partial charge on any atom is -0.366 e. The molecule has 3 heterocycles. The summed E-state index contributed by atoms with van der Waals surface area (Å²) in [6.07, 6.45) is 4.59. The third kappa shape index (κ3) is 5.33. The van der Waals surface area contributed by atoms with Crippen LogP contribution in [0.1, 0.15) is 66.8 Å². The van der Waals surface area contributed by atoms with Crippen LogP contribution >= 0.6 is 11.3 Å². The number of hydrogen-bond donors (Lipinski definition) is 2. The smallest absolute Gasteiger partial charge is 0.250 e. The maximum absolute atomic E-state index is 12.4. The average molecular weight is 517 g/mol. The highest BCUT2D eigenvalue weighted by molar-refractivity contribution is 7.89. The number of primary amides is 1. The van der Waals surface area contributed by atoms with E-state index in [1.54, 1.807) is 22.6 Å². The first-order valence-corrected chi connectivity index (χ1v) is 14.8. The molecule has 1 aliphatic heterocycles. The van der Waals surface area contributed by atoms with Gasteiger partial charge in [0.2, 0.25) is 10.0 Å². The SMILES string of the molecule is CCC(C)N(C)Cc1cc(-c2cc(C(N)=O)c3[nH]cc(C4CCN(S(=O)(=O)CC)CC4)c3c2)cs1. The van der Waals surface area contributed by atoms with Gasteiger partial charge in [-0.15, -0.1) is 11.3 Å². The maximum Gasteiger partial charge on any atom is 0.250 e. The normalized spacial score (nSPS) is 16.8. The van der Waals surface area contributed by atoms with Crippen LogP contribution in [0.4, 0.5) is 0 Å². The number of H-pyrrole nitrogens is 1. The summed E-state index contributed by atoms with van der Waals surface area (Å²) in [6, 6.07) is 6.74. The Hall–Kier alpha value is -2.20. The molecule has 4 rings (SSSR count). The molecule has 0 spiro atoms. The highest BCUT2D eigenvalue weighted by Gasteiger charge is 2.29. The molecule has 2 aromatic heterocycles. The number of carbonyl (C=O) groups is 1. The number of hydrogen-bond acceptors (Lipinski definition) is 5. The van der Waals surface area contributed by atoms with Crippen LogP contribution in [0.15, 0.2) is 29.8 Å². The molecule has 1 fully saturated rings. The fraction of sp³-hybridized carbons (Fsp3) is 0.500. The predicted molar refractivity (Wildman–Crippen MR) is 144 cm³/mol. The van der Waals surface area contributed by atoms with E-state index in [4.69, 9.17) is 5.73 Å². The molecule has 1 unspecified atom stereocenters. The fourth-order valence-corrected chi connectivity index (χ4v) is 7.00. The number of sulfonamides is 1. The van der Waals surface area contributed by atoms with Gasteiger partial charge in [-0.05, 0) is 86.3 Å². The molecule has 1 aromatic carbocycles. The second kappa shape index (κ2) is 10.4. The number of fused-ring (bicyclic) bond motifs is 1. The molecule has 0 saturated carbocycles. The number of aromatic nitrogens is 1. The molecule has 1 aliphatic rings. The molecule has 0 radical (unpaired) electrons. The summed E-state index contributed by atoms with van der Waals surface area (Å²) < 4.78 is 26.1. The molecule has 3 N–H and O–H groups in total. The summed E-state index contributed by atoms with van der Waals surface area (Å²) in [4.78, 5) is 19.3. The number of nitrogens with zero attached hydrogens (tertiary/aromatic N) is 2. The van der Waals surface area contributed by atoms with Crippen molar-refractivity contribution in [2.45, 2.75) is 58.5 Å². The molecule has 1 atom stereocenters. The minimum atomic E-state index is -3.17. The Morgan fingerprint density at radius 2 is 1.94 bits per heavy atom. The summed E-state index contributed by atoms with van der Waals surface area (Å²) >= 11 is 1.73. The highest BCUT2D eigenvalue weighted by atomic mass is 32.2. The maximum atomic E-state index is 12.4. The van der Waals surface area contributed by atoms with E-state index in [0.717, 1.165) is 53.4 Å². The Labute approximate surface area is 212 Å². The number of carbonyl (C=O) groups excluding carboxylic acids is 1. The second-order valence-electron chi connectivity index (χ2n) is 9.60. The van der Waals surface area contributed by atoms with Crippen LogP contribution in [-0.4, -0.2) is 60.4 Å². The van der Waals surface area contributed by atoms with Gasteiger partial charge in [-0.25, -0.2) is 12.7 Å². The molecular weight excluding hydrogens is 480 g/mol. The molecule has 190 valence electrons. The van der Waals surface area contributed by atoms with Gasteiger partial charge in [-0.1, -0.05) is 6.92 Å². The van der Waals surface area contributed by atoms with Crippen LogP contribution in [0.5, 0.6) is 0 Å². The quantitative estimate of drug-likeness (QED) is 0.428. The molecule has 7 nitrogen and oxygen atoms in total. The first kappa shape index (κ1) is 25.9. The van der Waals surface area contributed by atoms with Crippen molar-refractivity contribution in [3.05, 3.63) is 45.8 Å². The minimum absolute atomic E-state index is 0.131. The van der Waals surface area contributed by atoms with E-state index in [0.29, 0.717) is 24.7 Å². The number of rotatable bonds is 9. The van der Waals surface area contributed by atoms with E-state index in [-0.39, 0.29) is 11.7 Å². The van der Waals surface area contributed by atoms with Crippen molar-refractivity contribution >= 4 is 38.2 Å². The Bertz CT molecular complexity index is 1300. The molecule has 9 heteroatoms. The van der Waals surface area contributed by atoms with Crippen LogP contribution in [0.2, 0.25) is 0 Å². The highest BCUT2D eigenvalue weighted by Crippen LogP contribution is 2.38. The number of thiophene rings is 1. The Kier molecular flexibility index (Phi) is 7.71. The Balaban J connectivity index is 1.65. The third-order valence-electron chi connectivity index (χ3n) is 7.47. The summed E-state index contributed by atoms with van der Waals surface area (Å²) in [6.45, 7) is 8.05. The molecule has 0 bridgehead atoms. The van der Waals surface area contributed by atoms with Crippen molar-refractivity contribution in [3.8, 4) is 11.1 Å². The fourth-order valence-electron chi connectivity index (χ4n) is 4.91. The van der Waals surface area contributed by atoms with Crippen LogP contribution in [0.25, 0.3) is 22.0 Å². The van der Waals surface area contributed by atoms with E-state index in [9.17, 15) is 13.2 Å². The standard InChI is InChI=1S/C26H36N4O3S2/c1-5-17(3)29(4)15-21-11-20(16-34-21)19-12-22-24(14-28-25(22)23(13-19)26(27)31)18-7-9-30(10-8-18)35(32,33)6-2/h11-14,16-18,28H,5-10,15H2,1-4H3,(H2,27,31). The van der Waals surface area contributed by atoms with Crippen molar-refractivity contribution in [1.29, 1.82) is 0 Å². The van der Waals surface area contributed by atoms with Gasteiger partial charge >= 0.3 is 0 Å². The lowest BCUT2D eigenvalue weighted by molar-refractivity contribution is 0.100. The second-order valence-corrected chi connectivity index (χ2v) is 12.9. The van der Waals surface area contributed by atoms with Gasteiger partial charge in [0.25, 0.3) is 5.91 Å². The van der Waals surface area contributed by atoms with Gasteiger partial charge in [0, 0.05) is 42.1 Å². The van der Waals surface area contributed by atoms with Gasteiger partial charge in [0.1, 0.15) is 0 Å². The van der Waals surface area contributed by atoms with Gasteiger partial charge in [-0.3, -0.25) is 9.69 Å². The molecule has 1 amide bonds. The lowest BCUT2D eigenvalue weighted by atomic mass is 9.88. The van der Waals surface area contributed by atoms with Crippen LogP contribution in [0.3, 0.4) is 0 Å². The zero-order valence-corrected chi connectivity index (χ0v) is 22.6. The zero-order chi connectivity index (χ0) is 25.3. The topological polar surface area (TPSA) is 99.5 Å². The summed E-state index contributed by atoms with van der Waals surface area (Å²) in [5.74, 6) is -0.0994. The van der Waals surface area contributed by atoms with Crippen LogP contribution in [0, 0.1) is 0 Å². The Morgan fingerprint density at radius 1 is 1.23 bits per heavy atom. The first-order valence-electron chi connectivity index (χ1n) is 12.3. The van der Waals surface area contributed by atoms with Crippen LogP contribution in [-0.2, 0) is 16.6 Å². The molecule has 3 aromatic rings. The molecule has 0 aliphatic carbocycles. The van der Waals surface area contributed by atoms with Crippen molar-refractivity contribution in [2.75, 3.05) is 25.9 Å². The van der Waals surface area contributed by atoms with E-state index in [1.165, 1.54) is 4.88 Å². The van der Waals surface area contributed by atoms with E-state index < -0.39 is 15.9 Å². The molecule has 35 heavy (non-hydrogen) atoms. The first-order chi connectivity index (χ1) is 16.6. The molecular formula is C26H36N4O3S2. The van der Waals surface area contributed by atoms with Crippen molar-refractivity contribution in [2.24, 2.45) is 5.73 Å². The average Bonchev–Trinajstić information content (AvgIpc) is 3.50. The van der Waals surface area contributed by atoms with Gasteiger partial charge in [-0.2, -0.15) is 0 Å². The number of aromatic amines is 1. The van der Waals surface area contributed by atoms with Crippen LogP contribution < -0.4 is 5.73 Å². The number of nitrogens with two attached hydrogens (primary N) is 1. The summed E-state index contributed by atoms with van der Waals surface area (Å²) in [5, 5.41) is 3.14. The number of benzene rings is 1. The monoisotopic (exact) mass is 516 g/mol.